The minimum atomic E-state index is -0.227. The third kappa shape index (κ3) is 2.85. The Balaban J connectivity index is 1.35. The number of rotatable bonds is 4. The van der Waals surface area contributed by atoms with E-state index in [4.69, 9.17) is 0 Å². The van der Waals surface area contributed by atoms with Crippen molar-refractivity contribution in [3.05, 3.63) is 82.0 Å². The van der Waals surface area contributed by atoms with Gasteiger partial charge in [0.05, 0.1) is 18.1 Å². The normalized spacial score (nSPS) is 26.2. The van der Waals surface area contributed by atoms with Crippen molar-refractivity contribution in [3.8, 4) is 0 Å². The number of benzene rings is 2. The van der Waals surface area contributed by atoms with E-state index in [9.17, 15) is 9.59 Å². The van der Waals surface area contributed by atoms with Gasteiger partial charge in [0.1, 0.15) is 0 Å². The lowest BCUT2D eigenvalue weighted by atomic mass is 9.85. The van der Waals surface area contributed by atoms with Gasteiger partial charge in [0.25, 0.3) is 11.8 Å². The molecule has 1 aliphatic heterocycles. The number of hydrogen-bond donors (Lipinski definition) is 0. The molecular weight excluding hydrogens is 466 g/mol. The summed E-state index contributed by atoms with van der Waals surface area (Å²) < 4.78 is 3.31. The summed E-state index contributed by atoms with van der Waals surface area (Å²) in [5.74, 6) is -0.370. The number of nitrogens with zero attached hydrogens (tertiary/aromatic N) is 3. The number of aromatic nitrogens is 1. The topological polar surface area (TPSA) is 54.7 Å². The van der Waals surface area contributed by atoms with Crippen molar-refractivity contribution in [3.63, 3.8) is 0 Å². The highest BCUT2D eigenvalue weighted by Crippen LogP contribution is 2.52. The zero-order valence-electron chi connectivity index (χ0n) is 17.6. The summed E-state index contributed by atoms with van der Waals surface area (Å²) in [4.78, 5) is 26.0. The molecule has 6 heteroatoms. The molecule has 2 amide bonds. The third-order valence-electron chi connectivity index (χ3n) is 7.28. The fourth-order valence-electron chi connectivity index (χ4n) is 5.71. The summed E-state index contributed by atoms with van der Waals surface area (Å²) in [5.41, 5.74) is 4.30. The van der Waals surface area contributed by atoms with E-state index >= 15 is 0 Å². The van der Waals surface area contributed by atoms with Crippen molar-refractivity contribution in [1.29, 1.82) is 0 Å². The van der Waals surface area contributed by atoms with Gasteiger partial charge in [0.2, 0.25) is 0 Å². The number of para-hydroxylation sites is 1. The van der Waals surface area contributed by atoms with E-state index in [2.05, 4.69) is 68.9 Å². The average Bonchev–Trinajstić information content (AvgIpc) is 3.53. The van der Waals surface area contributed by atoms with E-state index in [1.165, 1.54) is 5.56 Å². The minimum absolute atomic E-state index is 0.149. The van der Waals surface area contributed by atoms with Crippen LogP contribution in [0.5, 0.6) is 0 Å². The predicted molar refractivity (Wildman–Crippen MR) is 127 cm³/mol. The summed E-state index contributed by atoms with van der Waals surface area (Å²) in [7, 11) is 0. The minimum Gasteiger partial charge on any atom is -0.340 e. The number of halogens is 1. The number of imide groups is 1. The molecule has 1 saturated carbocycles. The molecular formula is C26H22BrN3O2. The van der Waals surface area contributed by atoms with Crippen LogP contribution in [0.15, 0.2) is 70.3 Å². The van der Waals surface area contributed by atoms with E-state index in [0.717, 1.165) is 44.6 Å². The molecule has 0 spiro atoms. The SMILES string of the molecule is Cc1c(C=NN2C(=O)[C@@H]3[C@H](C2=O)[C@H]2C=C[C@H]3C2)c2ccccc2n1Cc1ccc(Br)cc1. The van der Waals surface area contributed by atoms with Gasteiger partial charge in [-0.3, -0.25) is 9.59 Å². The van der Waals surface area contributed by atoms with Crippen LogP contribution in [0.1, 0.15) is 23.2 Å². The van der Waals surface area contributed by atoms with Gasteiger partial charge in [-0.1, -0.05) is 58.4 Å². The molecule has 0 unspecified atom stereocenters. The standard InChI is InChI=1S/C26H22BrN3O2/c1-15-21(13-28-30-25(31)23-17-8-9-18(12-17)24(23)26(30)32)20-4-2-3-5-22(20)29(15)14-16-6-10-19(27)11-7-16/h2-11,13,17-18,23-24H,12,14H2,1H3/t17-,18-,23-,24+/m0/s1. The Bertz CT molecular complexity index is 1290. The lowest BCUT2D eigenvalue weighted by Gasteiger charge is -2.13. The molecule has 1 saturated heterocycles. The predicted octanol–water partition coefficient (Wildman–Crippen LogP) is 4.90. The molecule has 6 rings (SSSR count). The Morgan fingerprint density at radius 2 is 1.66 bits per heavy atom. The second-order valence-electron chi connectivity index (χ2n) is 8.96. The van der Waals surface area contributed by atoms with Gasteiger partial charge in [0.15, 0.2) is 0 Å². The lowest BCUT2D eigenvalue weighted by molar-refractivity contribution is -0.140. The first-order valence-corrected chi connectivity index (χ1v) is 11.7. The fraction of sp³-hybridized carbons (Fsp3) is 0.269. The maximum Gasteiger partial charge on any atom is 0.254 e. The molecule has 2 fully saturated rings. The van der Waals surface area contributed by atoms with Crippen LogP contribution in [0, 0.1) is 30.6 Å². The highest BCUT2D eigenvalue weighted by atomic mass is 79.9. The van der Waals surface area contributed by atoms with Crippen LogP contribution in [-0.4, -0.2) is 27.6 Å². The number of hydrazone groups is 1. The van der Waals surface area contributed by atoms with Crippen LogP contribution in [0.3, 0.4) is 0 Å². The first-order valence-electron chi connectivity index (χ1n) is 11.0. The monoisotopic (exact) mass is 487 g/mol. The molecule has 0 N–H and O–H groups in total. The molecule has 3 aliphatic rings. The molecule has 3 aromatic rings. The maximum atomic E-state index is 13.0. The van der Waals surface area contributed by atoms with Crippen molar-refractivity contribution >= 4 is 44.9 Å². The number of carbonyl (C=O) groups is 2. The van der Waals surface area contributed by atoms with Crippen molar-refractivity contribution in [1.82, 2.24) is 9.58 Å². The van der Waals surface area contributed by atoms with Crippen LogP contribution >= 0.6 is 15.9 Å². The highest BCUT2D eigenvalue weighted by Gasteiger charge is 2.59. The van der Waals surface area contributed by atoms with Crippen molar-refractivity contribution in [2.45, 2.75) is 19.9 Å². The van der Waals surface area contributed by atoms with E-state index < -0.39 is 0 Å². The molecule has 2 heterocycles. The van der Waals surface area contributed by atoms with Gasteiger partial charge < -0.3 is 4.57 Å². The van der Waals surface area contributed by atoms with Gasteiger partial charge in [-0.2, -0.15) is 10.1 Å². The van der Waals surface area contributed by atoms with Crippen LogP contribution in [0.2, 0.25) is 0 Å². The van der Waals surface area contributed by atoms with Gasteiger partial charge in [-0.25, -0.2) is 0 Å². The molecule has 4 atom stereocenters. The fourth-order valence-corrected chi connectivity index (χ4v) is 5.98. The Morgan fingerprint density at radius 1 is 1.00 bits per heavy atom. The summed E-state index contributed by atoms with van der Waals surface area (Å²) in [6.45, 7) is 2.79. The summed E-state index contributed by atoms with van der Waals surface area (Å²) >= 11 is 3.49. The van der Waals surface area contributed by atoms with Crippen LogP contribution in [0.4, 0.5) is 0 Å². The number of amides is 2. The molecule has 160 valence electrons. The molecule has 2 aliphatic carbocycles. The molecule has 5 nitrogen and oxygen atoms in total. The van der Waals surface area contributed by atoms with Gasteiger partial charge in [0, 0.05) is 33.2 Å². The van der Waals surface area contributed by atoms with E-state index in [1.807, 2.05) is 24.3 Å². The number of carbonyl (C=O) groups excluding carboxylic acids is 2. The lowest BCUT2D eigenvalue weighted by Crippen LogP contribution is -2.28. The number of fused-ring (bicyclic) bond motifs is 6. The molecule has 2 bridgehead atoms. The Kier molecular flexibility index (Phi) is 4.47. The molecule has 32 heavy (non-hydrogen) atoms. The number of allylic oxidation sites excluding steroid dienone is 2. The molecule has 2 aromatic carbocycles. The van der Waals surface area contributed by atoms with E-state index in [0.29, 0.717) is 0 Å². The molecule has 1 aromatic heterocycles. The second kappa shape index (κ2) is 7.27. The van der Waals surface area contributed by atoms with Crippen molar-refractivity contribution < 1.29 is 9.59 Å². The summed E-state index contributed by atoms with van der Waals surface area (Å²) in [6.07, 6.45) is 6.82. The first kappa shape index (κ1) is 19.7. The second-order valence-corrected chi connectivity index (χ2v) is 9.88. The van der Waals surface area contributed by atoms with Crippen LogP contribution in [-0.2, 0) is 16.1 Å². The average molecular weight is 488 g/mol. The van der Waals surface area contributed by atoms with Crippen LogP contribution < -0.4 is 0 Å². The number of hydrogen-bond acceptors (Lipinski definition) is 3. The Morgan fingerprint density at radius 3 is 2.34 bits per heavy atom. The van der Waals surface area contributed by atoms with Crippen LogP contribution in [0.25, 0.3) is 10.9 Å². The summed E-state index contributed by atoms with van der Waals surface area (Å²) in [5, 5.41) is 6.63. The summed E-state index contributed by atoms with van der Waals surface area (Å²) in [6, 6.07) is 16.5. The van der Waals surface area contributed by atoms with Gasteiger partial charge >= 0.3 is 0 Å². The maximum absolute atomic E-state index is 13.0. The van der Waals surface area contributed by atoms with Gasteiger partial charge in [-0.15, -0.1) is 0 Å². The Labute approximate surface area is 194 Å². The molecule has 0 radical (unpaired) electrons. The van der Waals surface area contributed by atoms with Gasteiger partial charge in [-0.05, 0) is 48.9 Å². The van der Waals surface area contributed by atoms with Crippen molar-refractivity contribution in [2.75, 3.05) is 0 Å². The smallest absolute Gasteiger partial charge is 0.254 e. The highest BCUT2D eigenvalue weighted by molar-refractivity contribution is 9.10. The zero-order valence-corrected chi connectivity index (χ0v) is 19.2. The van der Waals surface area contributed by atoms with Crippen molar-refractivity contribution in [2.24, 2.45) is 28.8 Å². The van der Waals surface area contributed by atoms with E-state index in [1.54, 1.807) is 6.21 Å². The Hall–Kier alpha value is -2.99. The van der Waals surface area contributed by atoms with E-state index in [-0.39, 0.29) is 35.5 Å². The largest absolute Gasteiger partial charge is 0.340 e. The first-order chi connectivity index (χ1) is 15.5. The third-order valence-corrected chi connectivity index (χ3v) is 7.81. The zero-order chi connectivity index (χ0) is 22.0. The quantitative estimate of drug-likeness (QED) is 0.298.